The minimum atomic E-state index is 0.792. The molecule has 0 aliphatic heterocycles. The maximum absolute atomic E-state index is 4.48. The van der Waals surface area contributed by atoms with Crippen molar-refractivity contribution in [1.29, 1.82) is 0 Å². The molecule has 0 saturated carbocycles. The van der Waals surface area contributed by atoms with Crippen molar-refractivity contribution < 1.29 is 0 Å². The summed E-state index contributed by atoms with van der Waals surface area (Å²) >= 11 is 0. The highest BCUT2D eigenvalue weighted by Crippen LogP contribution is 2.26. The topological polar surface area (TPSA) is 29.9 Å². The third-order valence-electron chi connectivity index (χ3n) is 3.54. The van der Waals surface area contributed by atoms with Gasteiger partial charge in [0.05, 0.1) is 18.4 Å². The Labute approximate surface area is 109 Å². The molecular formula is C15H21N3. The zero-order valence-electron chi connectivity index (χ0n) is 11.8. The smallest absolute Gasteiger partial charge is 0.122 e. The minimum Gasteiger partial charge on any atom is -0.330 e. The average molecular weight is 243 g/mol. The van der Waals surface area contributed by atoms with Crippen molar-refractivity contribution in [3.63, 3.8) is 0 Å². The molecule has 96 valence electrons. The fourth-order valence-electron chi connectivity index (χ4n) is 2.26. The summed E-state index contributed by atoms with van der Waals surface area (Å²) in [6.45, 7) is 7.26. The number of rotatable bonds is 3. The fourth-order valence-corrected chi connectivity index (χ4v) is 2.26. The maximum Gasteiger partial charge on any atom is 0.122 e. The molecule has 0 unspecified atom stereocenters. The van der Waals surface area contributed by atoms with Crippen molar-refractivity contribution in [2.75, 3.05) is 7.05 Å². The number of benzene rings is 1. The Morgan fingerprint density at radius 3 is 2.44 bits per heavy atom. The summed E-state index contributed by atoms with van der Waals surface area (Å²) < 4.78 is 2.16. The summed E-state index contributed by atoms with van der Waals surface area (Å²) in [6.07, 6.45) is 1.96. The van der Waals surface area contributed by atoms with E-state index in [-0.39, 0.29) is 0 Å². The van der Waals surface area contributed by atoms with Gasteiger partial charge in [0.1, 0.15) is 5.82 Å². The number of hydrogen-bond acceptors (Lipinski definition) is 2. The second-order valence-electron chi connectivity index (χ2n) is 4.90. The highest BCUT2D eigenvalue weighted by molar-refractivity contribution is 5.65. The molecule has 2 aromatic rings. The second-order valence-corrected chi connectivity index (χ2v) is 4.90. The normalized spacial score (nSPS) is 10.9. The first kappa shape index (κ1) is 12.8. The van der Waals surface area contributed by atoms with E-state index in [1.165, 1.54) is 27.9 Å². The zero-order valence-corrected chi connectivity index (χ0v) is 11.8. The lowest BCUT2D eigenvalue weighted by atomic mass is 9.99. The van der Waals surface area contributed by atoms with Gasteiger partial charge in [-0.1, -0.05) is 6.07 Å². The van der Waals surface area contributed by atoms with Gasteiger partial charge in [-0.2, -0.15) is 0 Å². The zero-order chi connectivity index (χ0) is 13.3. The van der Waals surface area contributed by atoms with E-state index in [0.717, 1.165) is 12.4 Å². The van der Waals surface area contributed by atoms with Crippen LogP contribution in [0.15, 0.2) is 18.3 Å². The van der Waals surface area contributed by atoms with Gasteiger partial charge in [-0.05, 0) is 50.6 Å². The van der Waals surface area contributed by atoms with Crippen LogP contribution in [0, 0.1) is 20.8 Å². The lowest BCUT2D eigenvalue weighted by molar-refractivity contribution is 0.712. The van der Waals surface area contributed by atoms with E-state index in [1.807, 2.05) is 13.2 Å². The Kier molecular flexibility index (Phi) is 3.53. The van der Waals surface area contributed by atoms with Gasteiger partial charge in [-0.15, -0.1) is 0 Å². The van der Waals surface area contributed by atoms with E-state index in [1.54, 1.807) is 0 Å². The molecule has 3 heteroatoms. The van der Waals surface area contributed by atoms with E-state index in [2.05, 4.69) is 54.8 Å². The van der Waals surface area contributed by atoms with Crippen LogP contribution in [0.1, 0.15) is 22.5 Å². The standard InChI is InChI=1S/C15H21N3/c1-10-6-12(3)13(7-11(10)2)14-8-17-15(9-16-4)18(14)5/h6-8,16H,9H2,1-5H3. The molecule has 0 atom stereocenters. The van der Waals surface area contributed by atoms with Crippen LogP contribution in [0.2, 0.25) is 0 Å². The average Bonchev–Trinajstić information content (AvgIpc) is 2.67. The van der Waals surface area contributed by atoms with Gasteiger partial charge in [-0.25, -0.2) is 4.98 Å². The van der Waals surface area contributed by atoms with Gasteiger partial charge >= 0.3 is 0 Å². The highest BCUT2D eigenvalue weighted by atomic mass is 15.1. The first-order valence-corrected chi connectivity index (χ1v) is 6.28. The van der Waals surface area contributed by atoms with Gasteiger partial charge in [0, 0.05) is 12.6 Å². The van der Waals surface area contributed by atoms with Crippen LogP contribution < -0.4 is 5.32 Å². The van der Waals surface area contributed by atoms with E-state index >= 15 is 0 Å². The summed E-state index contributed by atoms with van der Waals surface area (Å²) in [7, 11) is 4.01. The highest BCUT2D eigenvalue weighted by Gasteiger charge is 2.11. The predicted octanol–water partition coefficient (Wildman–Crippen LogP) is 2.73. The molecule has 0 bridgehead atoms. The van der Waals surface area contributed by atoms with Crippen molar-refractivity contribution in [3.8, 4) is 11.3 Å². The van der Waals surface area contributed by atoms with Crippen molar-refractivity contribution in [3.05, 3.63) is 40.8 Å². The lowest BCUT2D eigenvalue weighted by Gasteiger charge is -2.11. The largest absolute Gasteiger partial charge is 0.330 e. The Bertz CT molecular complexity index is 567. The van der Waals surface area contributed by atoms with Crippen LogP contribution in [0.25, 0.3) is 11.3 Å². The van der Waals surface area contributed by atoms with Crippen molar-refractivity contribution >= 4 is 0 Å². The molecule has 0 fully saturated rings. The van der Waals surface area contributed by atoms with Crippen molar-refractivity contribution in [2.45, 2.75) is 27.3 Å². The Hall–Kier alpha value is -1.61. The summed E-state index contributed by atoms with van der Waals surface area (Å²) in [4.78, 5) is 4.48. The van der Waals surface area contributed by atoms with Crippen molar-refractivity contribution in [2.24, 2.45) is 7.05 Å². The number of nitrogens with one attached hydrogen (secondary N) is 1. The molecule has 0 aliphatic rings. The van der Waals surface area contributed by atoms with Gasteiger partial charge in [0.25, 0.3) is 0 Å². The van der Waals surface area contributed by atoms with Crippen LogP contribution in [-0.2, 0) is 13.6 Å². The van der Waals surface area contributed by atoms with Gasteiger partial charge < -0.3 is 9.88 Å². The molecule has 1 aromatic heterocycles. The Morgan fingerprint density at radius 2 is 1.78 bits per heavy atom. The number of aryl methyl sites for hydroxylation is 3. The van der Waals surface area contributed by atoms with Crippen molar-refractivity contribution in [1.82, 2.24) is 14.9 Å². The number of aromatic nitrogens is 2. The van der Waals surface area contributed by atoms with Gasteiger partial charge in [0.2, 0.25) is 0 Å². The molecule has 1 N–H and O–H groups in total. The second kappa shape index (κ2) is 4.94. The SMILES string of the molecule is CNCc1ncc(-c2cc(C)c(C)cc2C)n1C. The fraction of sp³-hybridized carbons (Fsp3) is 0.400. The summed E-state index contributed by atoms with van der Waals surface area (Å²) in [5.74, 6) is 1.06. The van der Waals surface area contributed by atoms with E-state index in [4.69, 9.17) is 0 Å². The van der Waals surface area contributed by atoms with E-state index in [9.17, 15) is 0 Å². The van der Waals surface area contributed by atoms with Crippen LogP contribution >= 0.6 is 0 Å². The number of nitrogens with zero attached hydrogens (tertiary/aromatic N) is 2. The van der Waals surface area contributed by atoms with Crippen LogP contribution in [-0.4, -0.2) is 16.6 Å². The third kappa shape index (κ3) is 2.18. The van der Waals surface area contributed by atoms with Gasteiger partial charge in [-0.3, -0.25) is 0 Å². The minimum absolute atomic E-state index is 0.792. The monoisotopic (exact) mass is 243 g/mol. The van der Waals surface area contributed by atoms with Crippen LogP contribution in [0.5, 0.6) is 0 Å². The summed E-state index contributed by atoms with van der Waals surface area (Å²) in [5.41, 5.74) is 6.43. The lowest BCUT2D eigenvalue weighted by Crippen LogP contribution is -2.10. The Morgan fingerprint density at radius 1 is 1.11 bits per heavy atom. The first-order chi connectivity index (χ1) is 8.54. The molecule has 0 spiro atoms. The predicted molar refractivity (Wildman–Crippen MR) is 75.6 cm³/mol. The molecule has 0 saturated heterocycles. The van der Waals surface area contributed by atoms with E-state index < -0.39 is 0 Å². The summed E-state index contributed by atoms with van der Waals surface area (Å²) in [6, 6.07) is 4.50. The third-order valence-corrected chi connectivity index (χ3v) is 3.54. The molecule has 18 heavy (non-hydrogen) atoms. The van der Waals surface area contributed by atoms with Crippen LogP contribution in [0.4, 0.5) is 0 Å². The number of imidazole rings is 1. The maximum atomic E-state index is 4.48. The van der Waals surface area contributed by atoms with Crippen LogP contribution in [0.3, 0.4) is 0 Å². The summed E-state index contributed by atoms with van der Waals surface area (Å²) in [5, 5.41) is 3.14. The van der Waals surface area contributed by atoms with E-state index in [0.29, 0.717) is 0 Å². The molecule has 0 aliphatic carbocycles. The van der Waals surface area contributed by atoms with Gasteiger partial charge in [0.15, 0.2) is 0 Å². The Balaban J connectivity index is 2.52. The molecule has 0 amide bonds. The molecule has 1 heterocycles. The molecule has 3 nitrogen and oxygen atoms in total. The molecular weight excluding hydrogens is 222 g/mol. The molecule has 2 rings (SSSR count). The molecule has 0 radical (unpaired) electrons. The quantitative estimate of drug-likeness (QED) is 0.898. The number of hydrogen-bond donors (Lipinski definition) is 1. The molecule has 1 aromatic carbocycles. The first-order valence-electron chi connectivity index (χ1n) is 6.28.